The number of ether oxygens (including phenoxy) is 3. The molecule has 0 heterocycles. The molecule has 0 N–H and O–H groups in total. The molecule has 0 spiro atoms. The van der Waals surface area contributed by atoms with Gasteiger partial charge in [-0.2, -0.15) is 0 Å². The van der Waals surface area contributed by atoms with Crippen molar-refractivity contribution in [2.24, 2.45) is 0 Å². The molecule has 1 atom stereocenters. The first-order valence-electron chi connectivity index (χ1n) is 36.8. The largest absolute Gasteiger partial charge is 0.462 e. The standard InChI is InChI=1S/C77H140O6/c1-4-7-10-13-16-19-22-25-27-29-31-33-34-35-36-37-38-39-40-41-42-44-45-47-49-52-55-58-61-64-67-70-76(79)82-73-74(72-81-75(78)69-66-63-60-57-54-51-24-21-18-15-12-9-6-3)83-77(80)71-68-65-62-59-56-53-50-48-46-43-32-30-28-26-23-20-17-14-11-8-5-2/h7,10,16,19,25,27,30-33,74H,4-6,8-9,11-15,17-18,20-24,26,28-29,34-73H2,1-3H3/b10-7-,19-16-,27-25-,32-30-,33-31-. The minimum Gasteiger partial charge on any atom is -0.462 e. The first-order chi connectivity index (χ1) is 41.0. The van der Waals surface area contributed by atoms with Crippen molar-refractivity contribution in [3.05, 3.63) is 60.8 Å². The molecule has 0 fully saturated rings. The summed E-state index contributed by atoms with van der Waals surface area (Å²) in [7, 11) is 0. The second kappa shape index (κ2) is 71.6. The van der Waals surface area contributed by atoms with Crippen molar-refractivity contribution >= 4 is 17.9 Å². The van der Waals surface area contributed by atoms with Crippen LogP contribution in [0, 0.1) is 0 Å². The summed E-state index contributed by atoms with van der Waals surface area (Å²) in [4.78, 5) is 38.5. The van der Waals surface area contributed by atoms with Gasteiger partial charge in [-0.3, -0.25) is 14.4 Å². The van der Waals surface area contributed by atoms with Crippen molar-refractivity contribution in [2.75, 3.05) is 13.2 Å². The molecule has 0 saturated heterocycles. The molecule has 83 heavy (non-hydrogen) atoms. The van der Waals surface area contributed by atoms with Gasteiger partial charge < -0.3 is 14.2 Å². The van der Waals surface area contributed by atoms with Crippen LogP contribution in [0.4, 0.5) is 0 Å². The molecule has 0 aromatic heterocycles. The van der Waals surface area contributed by atoms with Crippen molar-refractivity contribution < 1.29 is 28.6 Å². The van der Waals surface area contributed by atoms with Crippen LogP contribution in [0.15, 0.2) is 60.8 Å². The Labute approximate surface area is 517 Å². The minimum absolute atomic E-state index is 0.0683. The van der Waals surface area contributed by atoms with Crippen molar-refractivity contribution in [3.8, 4) is 0 Å². The molecule has 0 amide bonds. The Morgan fingerprint density at radius 3 is 0.747 bits per heavy atom. The zero-order valence-corrected chi connectivity index (χ0v) is 55.7. The molecular weight excluding hydrogens is 1020 g/mol. The lowest BCUT2D eigenvalue weighted by Crippen LogP contribution is -2.30. The van der Waals surface area contributed by atoms with Gasteiger partial charge in [0.25, 0.3) is 0 Å². The number of carbonyl (C=O) groups excluding carboxylic acids is 3. The van der Waals surface area contributed by atoms with Crippen molar-refractivity contribution in [1.82, 2.24) is 0 Å². The third-order valence-electron chi connectivity index (χ3n) is 16.5. The summed E-state index contributed by atoms with van der Waals surface area (Å²) in [6, 6.07) is 0. The fourth-order valence-corrected chi connectivity index (χ4v) is 11.0. The average Bonchev–Trinajstić information content (AvgIpc) is 3.49. The van der Waals surface area contributed by atoms with Gasteiger partial charge in [-0.05, 0) is 83.5 Å². The molecule has 1 unspecified atom stereocenters. The highest BCUT2D eigenvalue weighted by Crippen LogP contribution is 2.18. The Bertz CT molecular complexity index is 1470. The molecule has 0 bridgehead atoms. The number of unbranched alkanes of at least 4 members (excludes halogenated alkanes) is 47. The predicted molar refractivity (Wildman–Crippen MR) is 362 cm³/mol. The summed E-state index contributed by atoms with van der Waals surface area (Å²) in [6.07, 6.45) is 92.6. The number of carbonyl (C=O) groups is 3. The van der Waals surface area contributed by atoms with Gasteiger partial charge in [0.1, 0.15) is 13.2 Å². The Morgan fingerprint density at radius 2 is 0.470 bits per heavy atom. The Balaban J connectivity index is 4.18. The van der Waals surface area contributed by atoms with Gasteiger partial charge in [-0.1, -0.05) is 351 Å². The number of rotatable bonds is 68. The van der Waals surface area contributed by atoms with Crippen molar-refractivity contribution in [2.45, 2.75) is 399 Å². The maximum atomic E-state index is 13.0. The lowest BCUT2D eigenvalue weighted by molar-refractivity contribution is -0.167. The first kappa shape index (κ1) is 80.1. The van der Waals surface area contributed by atoms with E-state index in [1.54, 1.807) is 0 Å². The van der Waals surface area contributed by atoms with Gasteiger partial charge in [-0.25, -0.2) is 0 Å². The van der Waals surface area contributed by atoms with Crippen molar-refractivity contribution in [3.63, 3.8) is 0 Å². The number of hydrogen-bond donors (Lipinski definition) is 0. The zero-order valence-electron chi connectivity index (χ0n) is 55.7. The highest BCUT2D eigenvalue weighted by atomic mass is 16.6. The Morgan fingerprint density at radius 1 is 0.253 bits per heavy atom. The van der Waals surface area contributed by atoms with Gasteiger partial charge >= 0.3 is 17.9 Å². The molecule has 6 heteroatoms. The summed E-state index contributed by atoms with van der Waals surface area (Å²) in [6.45, 7) is 6.59. The van der Waals surface area contributed by atoms with E-state index < -0.39 is 6.10 Å². The molecule has 0 aliphatic carbocycles. The number of hydrogen-bond acceptors (Lipinski definition) is 6. The maximum absolute atomic E-state index is 13.0. The first-order valence-corrected chi connectivity index (χ1v) is 36.8. The van der Waals surface area contributed by atoms with E-state index in [-0.39, 0.29) is 31.1 Å². The minimum atomic E-state index is -0.772. The van der Waals surface area contributed by atoms with Crippen LogP contribution in [0.3, 0.4) is 0 Å². The molecule has 6 nitrogen and oxygen atoms in total. The van der Waals surface area contributed by atoms with E-state index in [0.717, 1.165) is 83.5 Å². The summed E-state index contributed by atoms with van der Waals surface area (Å²) >= 11 is 0. The third-order valence-corrected chi connectivity index (χ3v) is 16.5. The van der Waals surface area contributed by atoms with E-state index in [2.05, 4.69) is 81.5 Å². The van der Waals surface area contributed by atoms with Gasteiger partial charge in [0.05, 0.1) is 0 Å². The van der Waals surface area contributed by atoms with E-state index in [9.17, 15) is 14.4 Å². The third kappa shape index (κ3) is 69.8. The maximum Gasteiger partial charge on any atom is 0.306 e. The van der Waals surface area contributed by atoms with Crippen LogP contribution < -0.4 is 0 Å². The van der Waals surface area contributed by atoms with Crippen LogP contribution in [0.25, 0.3) is 0 Å². The smallest absolute Gasteiger partial charge is 0.306 e. The molecule has 0 aliphatic rings. The fraction of sp³-hybridized carbons (Fsp3) is 0.831. The van der Waals surface area contributed by atoms with Crippen LogP contribution in [0.2, 0.25) is 0 Å². The van der Waals surface area contributed by atoms with Crippen LogP contribution >= 0.6 is 0 Å². The molecule has 0 aromatic rings. The summed E-state index contributed by atoms with van der Waals surface area (Å²) in [5.41, 5.74) is 0. The van der Waals surface area contributed by atoms with Gasteiger partial charge in [0.15, 0.2) is 6.10 Å². The SMILES string of the molecule is CC/C=C\C/C=C\C/C=C\C/C=C\CCCCCCCCCCCCCCCCCCCCC(=O)OCC(COC(=O)CCCCCCCCCCCCCCC)OC(=O)CCCCCCCCCCC/C=C\CCCCCCCCCC. The molecule has 0 aromatic carbocycles. The second-order valence-electron chi connectivity index (χ2n) is 24.8. The summed E-state index contributed by atoms with van der Waals surface area (Å²) < 4.78 is 17.0. The fourth-order valence-electron chi connectivity index (χ4n) is 11.0. The monoisotopic (exact) mass is 1160 g/mol. The molecule has 0 aliphatic heterocycles. The predicted octanol–water partition coefficient (Wildman–Crippen LogP) is 25.5. The van der Waals surface area contributed by atoms with E-state index in [1.165, 1.54) is 270 Å². The normalized spacial score (nSPS) is 12.4. The van der Waals surface area contributed by atoms with E-state index in [4.69, 9.17) is 14.2 Å². The van der Waals surface area contributed by atoms with Crippen LogP contribution in [0.5, 0.6) is 0 Å². The zero-order chi connectivity index (χ0) is 59.9. The quantitative estimate of drug-likeness (QED) is 0.0261. The highest BCUT2D eigenvalue weighted by Gasteiger charge is 2.19. The van der Waals surface area contributed by atoms with E-state index >= 15 is 0 Å². The molecule has 0 radical (unpaired) electrons. The number of esters is 3. The lowest BCUT2D eigenvalue weighted by Gasteiger charge is -2.18. The topological polar surface area (TPSA) is 78.9 Å². The summed E-state index contributed by atoms with van der Waals surface area (Å²) in [5.74, 6) is -0.842. The Kier molecular flexibility index (Phi) is 69.1. The van der Waals surface area contributed by atoms with E-state index in [1.807, 2.05) is 0 Å². The van der Waals surface area contributed by atoms with Crippen LogP contribution in [-0.2, 0) is 28.6 Å². The number of allylic oxidation sites excluding steroid dienone is 10. The molecular formula is C77H140O6. The molecule has 0 rings (SSSR count). The van der Waals surface area contributed by atoms with Gasteiger partial charge in [0.2, 0.25) is 0 Å². The van der Waals surface area contributed by atoms with Crippen LogP contribution in [-0.4, -0.2) is 37.2 Å². The second-order valence-corrected chi connectivity index (χ2v) is 24.8. The molecule has 0 saturated carbocycles. The van der Waals surface area contributed by atoms with E-state index in [0.29, 0.717) is 19.3 Å². The lowest BCUT2D eigenvalue weighted by atomic mass is 10.0. The molecule has 484 valence electrons. The summed E-state index contributed by atoms with van der Waals surface area (Å²) in [5, 5.41) is 0. The van der Waals surface area contributed by atoms with Gasteiger partial charge in [0, 0.05) is 19.3 Å². The Hall–Kier alpha value is -2.89. The average molecular weight is 1160 g/mol. The van der Waals surface area contributed by atoms with Gasteiger partial charge in [-0.15, -0.1) is 0 Å². The highest BCUT2D eigenvalue weighted by molar-refractivity contribution is 5.71. The van der Waals surface area contributed by atoms with Crippen molar-refractivity contribution in [1.29, 1.82) is 0 Å². The van der Waals surface area contributed by atoms with Crippen LogP contribution in [0.1, 0.15) is 393 Å².